The number of hydrogen-bond acceptors (Lipinski definition) is 4. The Kier molecular flexibility index (Phi) is 5.75. The highest BCUT2D eigenvalue weighted by Gasteiger charge is 2.05. The van der Waals surface area contributed by atoms with Crippen molar-refractivity contribution < 1.29 is 9.52 Å². The third-order valence-corrected chi connectivity index (χ3v) is 3.16. The van der Waals surface area contributed by atoms with Gasteiger partial charge in [0, 0.05) is 18.4 Å². The second-order valence-corrected chi connectivity index (χ2v) is 4.12. The van der Waals surface area contributed by atoms with Crippen LogP contribution in [0.1, 0.15) is 12.2 Å². The van der Waals surface area contributed by atoms with Crippen molar-refractivity contribution in [2.45, 2.75) is 18.2 Å². The van der Waals surface area contributed by atoms with Gasteiger partial charge < -0.3 is 14.8 Å². The van der Waals surface area contributed by atoms with E-state index in [9.17, 15) is 0 Å². The number of thioether (sulfide) groups is 1. The summed E-state index contributed by atoms with van der Waals surface area (Å²) in [7, 11) is 1.92. The molecule has 1 unspecified atom stereocenters. The van der Waals surface area contributed by atoms with E-state index in [4.69, 9.17) is 9.52 Å². The molecular formula is C10H17NO2S. The highest BCUT2D eigenvalue weighted by Crippen LogP contribution is 2.14. The van der Waals surface area contributed by atoms with Gasteiger partial charge in [0.05, 0.1) is 12.0 Å². The number of aliphatic hydroxyl groups excluding tert-OH is 1. The minimum atomic E-state index is 0.243. The van der Waals surface area contributed by atoms with Crippen LogP contribution in [0.15, 0.2) is 22.8 Å². The average molecular weight is 215 g/mol. The van der Waals surface area contributed by atoms with Crippen molar-refractivity contribution in [3.05, 3.63) is 24.2 Å². The predicted molar refractivity (Wildman–Crippen MR) is 59.4 cm³/mol. The van der Waals surface area contributed by atoms with E-state index in [1.165, 1.54) is 0 Å². The van der Waals surface area contributed by atoms with E-state index in [1.54, 1.807) is 6.26 Å². The summed E-state index contributed by atoms with van der Waals surface area (Å²) in [5.74, 6) is 2.91. The van der Waals surface area contributed by atoms with Gasteiger partial charge in [-0.1, -0.05) is 0 Å². The van der Waals surface area contributed by atoms with Crippen molar-refractivity contribution in [1.29, 1.82) is 0 Å². The second kappa shape index (κ2) is 6.92. The molecule has 0 spiro atoms. The first-order chi connectivity index (χ1) is 6.86. The Morgan fingerprint density at radius 1 is 1.64 bits per heavy atom. The summed E-state index contributed by atoms with van der Waals surface area (Å²) in [6.45, 7) is 0.243. The lowest BCUT2D eigenvalue weighted by atomic mass is 10.2. The number of furan rings is 1. The van der Waals surface area contributed by atoms with E-state index in [2.05, 4.69) is 5.32 Å². The van der Waals surface area contributed by atoms with Crippen molar-refractivity contribution in [2.75, 3.05) is 19.4 Å². The fraction of sp³-hybridized carbons (Fsp3) is 0.600. The van der Waals surface area contributed by atoms with Crippen LogP contribution in [0.4, 0.5) is 0 Å². The van der Waals surface area contributed by atoms with Gasteiger partial charge in [0.1, 0.15) is 5.76 Å². The largest absolute Gasteiger partial charge is 0.468 e. The summed E-state index contributed by atoms with van der Waals surface area (Å²) < 4.78 is 5.22. The molecule has 0 saturated carbocycles. The molecule has 0 amide bonds. The minimum Gasteiger partial charge on any atom is -0.468 e. The van der Waals surface area contributed by atoms with Gasteiger partial charge in [-0.15, -0.1) is 0 Å². The molecule has 1 aromatic rings. The van der Waals surface area contributed by atoms with Crippen LogP contribution < -0.4 is 5.32 Å². The van der Waals surface area contributed by atoms with E-state index in [0.717, 1.165) is 23.7 Å². The SMILES string of the molecule is CNC(CCO)CSCc1ccco1. The molecule has 0 bridgehead atoms. The third kappa shape index (κ3) is 4.17. The molecule has 2 N–H and O–H groups in total. The normalized spacial score (nSPS) is 13.0. The lowest BCUT2D eigenvalue weighted by Crippen LogP contribution is -2.28. The molecule has 3 nitrogen and oxygen atoms in total. The molecule has 0 aliphatic carbocycles. The van der Waals surface area contributed by atoms with Gasteiger partial charge in [0.2, 0.25) is 0 Å². The van der Waals surface area contributed by atoms with E-state index < -0.39 is 0 Å². The van der Waals surface area contributed by atoms with Gasteiger partial charge in [-0.25, -0.2) is 0 Å². The van der Waals surface area contributed by atoms with Crippen molar-refractivity contribution in [2.24, 2.45) is 0 Å². The Morgan fingerprint density at radius 2 is 2.50 bits per heavy atom. The predicted octanol–water partition coefficient (Wildman–Crippen LogP) is 1.48. The number of nitrogens with one attached hydrogen (secondary N) is 1. The average Bonchev–Trinajstić information content (AvgIpc) is 2.69. The van der Waals surface area contributed by atoms with E-state index >= 15 is 0 Å². The van der Waals surface area contributed by atoms with Gasteiger partial charge in [0.15, 0.2) is 0 Å². The zero-order valence-electron chi connectivity index (χ0n) is 8.40. The summed E-state index contributed by atoms with van der Waals surface area (Å²) >= 11 is 1.82. The molecule has 4 heteroatoms. The quantitative estimate of drug-likeness (QED) is 0.723. The molecule has 1 aromatic heterocycles. The topological polar surface area (TPSA) is 45.4 Å². The maximum Gasteiger partial charge on any atom is 0.113 e. The molecule has 0 radical (unpaired) electrons. The molecule has 1 atom stereocenters. The van der Waals surface area contributed by atoms with Crippen LogP contribution in [0, 0.1) is 0 Å². The van der Waals surface area contributed by atoms with E-state index in [1.807, 2.05) is 30.9 Å². The van der Waals surface area contributed by atoms with E-state index in [-0.39, 0.29) is 6.61 Å². The van der Waals surface area contributed by atoms with Crippen LogP contribution in [0.5, 0.6) is 0 Å². The minimum absolute atomic E-state index is 0.243. The molecule has 0 saturated heterocycles. The fourth-order valence-electron chi connectivity index (χ4n) is 1.16. The summed E-state index contributed by atoms with van der Waals surface area (Å²) in [6, 6.07) is 4.27. The van der Waals surface area contributed by atoms with Crippen molar-refractivity contribution in [3.63, 3.8) is 0 Å². The Morgan fingerprint density at radius 3 is 3.07 bits per heavy atom. The molecule has 0 aromatic carbocycles. The van der Waals surface area contributed by atoms with Gasteiger partial charge in [-0.05, 0) is 25.6 Å². The van der Waals surface area contributed by atoms with Crippen LogP contribution in [0.2, 0.25) is 0 Å². The molecule has 0 fully saturated rings. The zero-order valence-corrected chi connectivity index (χ0v) is 9.22. The second-order valence-electron chi connectivity index (χ2n) is 3.09. The molecule has 14 heavy (non-hydrogen) atoms. The highest BCUT2D eigenvalue weighted by molar-refractivity contribution is 7.98. The number of aliphatic hydroxyl groups is 1. The van der Waals surface area contributed by atoms with Crippen LogP contribution in [-0.2, 0) is 5.75 Å². The van der Waals surface area contributed by atoms with E-state index in [0.29, 0.717) is 6.04 Å². The first-order valence-corrected chi connectivity index (χ1v) is 5.90. The molecule has 1 rings (SSSR count). The lowest BCUT2D eigenvalue weighted by molar-refractivity contribution is 0.273. The van der Waals surface area contributed by atoms with Crippen molar-refractivity contribution in [3.8, 4) is 0 Å². The van der Waals surface area contributed by atoms with Gasteiger partial charge in [0.25, 0.3) is 0 Å². The standard InChI is InChI=1S/C10H17NO2S/c1-11-9(4-5-12)7-14-8-10-3-2-6-13-10/h2-3,6,9,11-12H,4-5,7-8H2,1H3. The Balaban J connectivity index is 2.13. The monoisotopic (exact) mass is 215 g/mol. The smallest absolute Gasteiger partial charge is 0.113 e. The van der Waals surface area contributed by atoms with Crippen LogP contribution >= 0.6 is 11.8 Å². The van der Waals surface area contributed by atoms with Crippen molar-refractivity contribution in [1.82, 2.24) is 5.32 Å². The summed E-state index contributed by atoms with van der Waals surface area (Å²) in [6.07, 6.45) is 2.50. The third-order valence-electron chi connectivity index (χ3n) is 2.03. The van der Waals surface area contributed by atoms with Gasteiger partial charge in [-0.3, -0.25) is 0 Å². The number of hydrogen-bond donors (Lipinski definition) is 2. The first kappa shape index (κ1) is 11.6. The van der Waals surface area contributed by atoms with Crippen LogP contribution in [0.25, 0.3) is 0 Å². The van der Waals surface area contributed by atoms with Crippen LogP contribution in [0.3, 0.4) is 0 Å². The Bertz CT molecular complexity index is 226. The molecule has 80 valence electrons. The summed E-state index contributed by atoms with van der Waals surface area (Å²) in [5, 5.41) is 12.0. The Hall–Kier alpha value is -0.450. The van der Waals surface area contributed by atoms with Gasteiger partial charge >= 0.3 is 0 Å². The highest BCUT2D eigenvalue weighted by atomic mass is 32.2. The lowest BCUT2D eigenvalue weighted by Gasteiger charge is -2.13. The molecule has 1 heterocycles. The summed E-state index contributed by atoms with van der Waals surface area (Å²) in [4.78, 5) is 0. The zero-order chi connectivity index (χ0) is 10.2. The number of rotatable bonds is 7. The summed E-state index contributed by atoms with van der Waals surface area (Å²) in [5.41, 5.74) is 0. The molecular weight excluding hydrogens is 198 g/mol. The van der Waals surface area contributed by atoms with Crippen LogP contribution in [-0.4, -0.2) is 30.6 Å². The Labute approximate surface area is 88.9 Å². The maximum absolute atomic E-state index is 8.78. The first-order valence-electron chi connectivity index (χ1n) is 4.75. The van der Waals surface area contributed by atoms with Gasteiger partial charge in [-0.2, -0.15) is 11.8 Å². The van der Waals surface area contributed by atoms with Crippen molar-refractivity contribution >= 4 is 11.8 Å². The maximum atomic E-state index is 8.78. The molecule has 0 aliphatic heterocycles. The molecule has 0 aliphatic rings. The fourth-order valence-corrected chi connectivity index (χ4v) is 2.26.